The average Bonchev–Trinajstić information content (AvgIpc) is 1.98. The molecule has 0 saturated carbocycles. The summed E-state index contributed by atoms with van der Waals surface area (Å²) in [6, 6.07) is 5.36. The zero-order chi connectivity index (χ0) is 8.27. The molecule has 0 aliphatic carbocycles. The second-order valence-corrected chi connectivity index (χ2v) is 2.64. The highest BCUT2D eigenvalue weighted by Gasteiger charge is 1.96. The van der Waals surface area contributed by atoms with E-state index in [0.717, 1.165) is 12.8 Å². The summed E-state index contributed by atoms with van der Waals surface area (Å²) in [6.07, 6.45) is 2.12. The maximum atomic E-state index is 9.09. The minimum absolute atomic E-state index is 0. The molecule has 0 saturated heterocycles. The lowest BCUT2D eigenvalue weighted by Gasteiger charge is -2.01. The van der Waals surface area contributed by atoms with Crippen LogP contribution in [0.2, 0.25) is 0 Å². The number of aryl methyl sites for hydroxylation is 1. The molecule has 0 atom stereocenters. The van der Waals surface area contributed by atoms with Crippen molar-refractivity contribution < 1.29 is 5.11 Å². The summed E-state index contributed by atoms with van der Waals surface area (Å²) in [5, 5.41) is 9.09. The van der Waals surface area contributed by atoms with Crippen LogP contribution in [0.15, 0.2) is 18.2 Å². The van der Waals surface area contributed by atoms with E-state index in [-0.39, 0.29) is 18.2 Å². The Labute approximate surface area is 78.8 Å². The lowest BCUT2D eigenvalue weighted by Crippen LogP contribution is -1.88. The van der Waals surface area contributed by atoms with Crippen LogP contribution < -0.4 is 5.73 Å². The van der Waals surface area contributed by atoms with Gasteiger partial charge in [0.2, 0.25) is 0 Å². The molecule has 2 nitrogen and oxygen atoms in total. The molecule has 68 valence electrons. The van der Waals surface area contributed by atoms with E-state index in [1.54, 1.807) is 6.07 Å². The minimum atomic E-state index is 0. The Kier molecular flexibility index (Phi) is 4.52. The lowest BCUT2D eigenvalue weighted by molar-refractivity contribution is 0.478. The van der Waals surface area contributed by atoms with Gasteiger partial charge in [-0.1, -0.05) is 19.4 Å². The van der Waals surface area contributed by atoms with Crippen molar-refractivity contribution in [1.82, 2.24) is 0 Å². The summed E-state index contributed by atoms with van der Waals surface area (Å²) < 4.78 is 0. The molecule has 3 N–H and O–H groups in total. The molecule has 1 aromatic carbocycles. The molecule has 1 rings (SSSR count). The van der Waals surface area contributed by atoms with E-state index >= 15 is 0 Å². The number of rotatable bonds is 2. The highest BCUT2D eigenvalue weighted by Crippen LogP contribution is 2.20. The number of nitrogen functional groups attached to an aromatic ring is 1. The number of aromatic hydroxyl groups is 1. The normalized spacial score (nSPS) is 9.08. The molecule has 0 spiro atoms. The van der Waals surface area contributed by atoms with Crippen LogP contribution in [0.1, 0.15) is 18.9 Å². The number of phenolic OH excluding ortho intramolecular Hbond substituents is 1. The van der Waals surface area contributed by atoms with Gasteiger partial charge in [0, 0.05) is 0 Å². The Morgan fingerprint density at radius 3 is 2.58 bits per heavy atom. The predicted molar refractivity (Wildman–Crippen MR) is 53.8 cm³/mol. The smallest absolute Gasteiger partial charge is 0.138 e. The fourth-order valence-corrected chi connectivity index (χ4v) is 1.05. The minimum Gasteiger partial charge on any atom is -0.506 e. The number of halogens is 1. The van der Waals surface area contributed by atoms with Crippen LogP contribution in [0.5, 0.6) is 5.75 Å². The Hall–Kier alpha value is -0.890. The Morgan fingerprint density at radius 2 is 2.08 bits per heavy atom. The van der Waals surface area contributed by atoms with Gasteiger partial charge in [-0.25, -0.2) is 0 Å². The summed E-state index contributed by atoms with van der Waals surface area (Å²) in [7, 11) is 0. The fourth-order valence-electron chi connectivity index (χ4n) is 1.05. The second kappa shape index (κ2) is 4.88. The summed E-state index contributed by atoms with van der Waals surface area (Å²) in [6.45, 7) is 2.11. The van der Waals surface area contributed by atoms with Gasteiger partial charge >= 0.3 is 0 Å². The number of benzene rings is 1. The van der Waals surface area contributed by atoms with Crippen molar-refractivity contribution in [3.05, 3.63) is 23.8 Å². The number of hydrogen-bond donors (Lipinski definition) is 2. The van der Waals surface area contributed by atoms with Crippen molar-refractivity contribution in [3.8, 4) is 5.75 Å². The number of hydrogen-bond acceptors (Lipinski definition) is 2. The Morgan fingerprint density at radius 1 is 1.42 bits per heavy atom. The van der Waals surface area contributed by atoms with Gasteiger partial charge < -0.3 is 10.8 Å². The molecule has 0 aromatic heterocycles. The van der Waals surface area contributed by atoms with Crippen molar-refractivity contribution in [2.75, 3.05) is 5.73 Å². The van der Waals surface area contributed by atoms with E-state index in [9.17, 15) is 0 Å². The SMILES string of the molecule is CCCc1ccc(O)c(N)c1.Cl. The highest BCUT2D eigenvalue weighted by molar-refractivity contribution is 5.85. The van der Waals surface area contributed by atoms with Crippen LogP contribution in [0.4, 0.5) is 5.69 Å². The summed E-state index contributed by atoms with van der Waals surface area (Å²) in [5.41, 5.74) is 7.15. The number of nitrogens with two attached hydrogens (primary N) is 1. The predicted octanol–water partition coefficient (Wildman–Crippen LogP) is 2.35. The molecule has 1 aromatic rings. The standard InChI is InChI=1S/C9H13NO.ClH/c1-2-3-7-4-5-9(11)8(10)6-7;/h4-6,11H,2-3,10H2,1H3;1H. The lowest BCUT2D eigenvalue weighted by atomic mass is 10.1. The largest absolute Gasteiger partial charge is 0.506 e. The van der Waals surface area contributed by atoms with Crippen LogP contribution in [0.3, 0.4) is 0 Å². The van der Waals surface area contributed by atoms with Crippen LogP contribution in [0.25, 0.3) is 0 Å². The van der Waals surface area contributed by atoms with E-state index < -0.39 is 0 Å². The first-order chi connectivity index (χ1) is 5.24. The van der Waals surface area contributed by atoms with Crippen LogP contribution in [0, 0.1) is 0 Å². The zero-order valence-corrected chi connectivity index (χ0v) is 7.90. The number of anilines is 1. The van der Waals surface area contributed by atoms with Crippen molar-refractivity contribution in [3.63, 3.8) is 0 Å². The molecule has 0 unspecified atom stereocenters. The molecule has 0 heterocycles. The van der Waals surface area contributed by atoms with Crippen LogP contribution in [-0.2, 0) is 6.42 Å². The third kappa shape index (κ3) is 2.62. The maximum absolute atomic E-state index is 9.09. The molecule has 0 radical (unpaired) electrons. The van der Waals surface area contributed by atoms with Gasteiger partial charge in [-0.05, 0) is 24.1 Å². The quantitative estimate of drug-likeness (QED) is 0.552. The first-order valence-corrected chi connectivity index (χ1v) is 3.81. The van der Waals surface area contributed by atoms with Crippen molar-refractivity contribution in [1.29, 1.82) is 0 Å². The van der Waals surface area contributed by atoms with Gasteiger partial charge in [-0.3, -0.25) is 0 Å². The molecule has 0 bridgehead atoms. The van der Waals surface area contributed by atoms with E-state index in [4.69, 9.17) is 10.8 Å². The molecular formula is C9H14ClNO. The highest BCUT2D eigenvalue weighted by atomic mass is 35.5. The van der Waals surface area contributed by atoms with Crippen molar-refractivity contribution >= 4 is 18.1 Å². The van der Waals surface area contributed by atoms with Gasteiger partial charge in [0.1, 0.15) is 5.75 Å². The summed E-state index contributed by atoms with van der Waals surface area (Å²) >= 11 is 0. The van der Waals surface area contributed by atoms with Crippen LogP contribution >= 0.6 is 12.4 Å². The molecule has 0 aliphatic rings. The zero-order valence-electron chi connectivity index (χ0n) is 7.08. The number of phenols is 1. The average molecular weight is 188 g/mol. The molecule has 0 aliphatic heterocycles. The summed E-state index contributed by atoms with van der Waals surface area (Å²) in [5.74, 6) is 0.171. The van der Waals surface area contributed by atoms with Crippen molar-refractivity contribution in [2.24, 2.45) is 0 Å². The molecule has 3 heteroatoms. The van der Waals surface area contributed by atoms with E-state index in [1.807, 2.05) is 12.1 Å². The second-order valence-electron chi connectivity index (χ2n) is 2.64. The van der Waals surface area contributed by atoms with Gasteiger partial charge in [-0.2, -0.15) is 0 Å². The van der Waals surface area contributed by atoms with Crippen molar-refractivity contribution in [2.45, 2.75) is 19.8 Å². The van der Waals surface area contributed by atoms with Crippen LogP contribution in [-0.4, -0.2) is 5.11 Å². The first-order valence-electron chi connectivity index (χ1n) is 3.81. The molecular weight excluding hydrogens is 174 g/mol. The Balaban J connectivity index is 0.00000121. The molecule has 0 fully saturated rings. The van der Waals surface area contributed by atoms with E-state index in [1.165, 1.54) is 5.56 Å². The topological polar surface area (TPSA) is 46.2 Å². The third-order valence-corrected chi connectivity index (χ3v) is 1.63. The molecule has 12 heavy (non-hydrogen) atoms. The van der Waals surface area contributed by atoms with Gasteiger partial charge in [0.15, 0.2) is 0 Å². The Bertz CT molecular complexity index is 250. The van der Waals surface area contributed by atoms with Gasteiger partial charge in [0.25, 0.3) is 0 Å². The third-order valence-electron chi connectivity index (χ3n) is 1.63. The van der Waals surface area contributed by atoms with Gasteiger partial charge in [0.05, 0.1) is 5.69 Å². The van der Waals surface area contributed by atoms with E-state index in [2.05, 4.69) is 6.92 Å². The summed E-state index contributed by atoms with van der Waals surface area (Å²) in [4.78, 5) is 0. The molecule has 0 amide bonds. The first kappa shape index (κ1) is 11.1. The van der Waals surface area contributed by atoms with E-state index in [0.29, 0.717) is 5.69 Å². The fraction of sp³-hybridized carbons (Fsp3) is 0.333. The van der Waals surface area contributed by atoms with Gasteiger partial charge in [-0.15, -0.1) is 12.4 Å². The monoisotopic (exact) mass is 187 g/mol. The maximum Gasteiger partial charge on any atom is 0.138 e.